The molecule has 1 aromatic carbocycles. The van der Waals surface area contributed by atoms with E-state index in [2.05, 4.69) is 6.58 Å². The van der Waals surface area contributed by atoms with Gasteiger partial charge in [0, 0.05) is 12.2 Å². The summed E-state index contributed by atoms with van der Waals surface area (Å²) < 4.78 is 4.83. The number of benzene rings is 1. The van der Waals surface area contributed by atoms with Crippen molar-refractivity contribution in [2.24, 2.45) is 0 Å². The zero-order valence-corrected chi connectivity index (χ0v) is 13.1. The quantitative estimate of drug-likeness (QED) is 0.488. The van der Waals surface area contributed by atoms with Gasteiger partial charge in [0.1, 0.15) is 0 Å². The number of amides is 1. The highest BCUT2D eigenvalue weighted by Crippen LogP contribution is 2.31. The first-order valence-electron chi connectivity index (χ1n) is 7.00. The molecule has 1 heterocycles. The predicted octanol–water partition coefficient (Wildman–Crippen LogP) is 2.85. The molecule has 0 bridgehead atoms. The molecule has 1 amide bonds. The van der Waals surface area contributed by atoms with Crippen molar-refractivity contribution in [1.82, 2.24) is 4.90 Å². The van der Waals surface area contributed by atoms with Crippen molar-refractivity contribution in [3.63, 3.8) is 0 Å². The van der Waals surface area contributed by atoms with Crippen LogP contribution in [0.25, 0.3) is 6.08 Å². The second-order valence-electron chi connectivity index (χ2n) is 5.13. The summed E-state index contributed by atoms with van der Waals surface area (Å²) in [4.78, 5) is 26.2. The van der Waals surface area contributed by atoms with Crippen LogP contribution in [-0.4, -0.2) is 30.4 Å². The topological polar surface area (TPSA) is 46.6 Å². The van der Waals surface area contributed by atoms with Gasteiger partial charge in [-0.3, -0.25) is 4.79 Å². The molecular formula is C18H19NO3. The van der Waals surface area contributed by atoms with Gasteiger partial charge in [-0.1, -0.05) is 35.9 Å². The molecule has 4 nitrogen and oxygen atoms in total. The highest BCUT2D eigenvalue weighted by atomic mass is 16.5. The first-order chi connectivity index (χ1) is 10.5. The van der Waals surface area contributed by atoms with E-state index in [0.29, 0.717) is 23.4 Å². The van der Waals surface area contributed by atoms with Crippen LogP contribution in [0.15, 0.2) is 53.8 Å². The van der Waals surface area contributed by atoms with Crippen LogP contribution in [-0.2, 0) is 14.3 Å². The van der Waals surface area contributed by atoms with E-state index in [1.165, 1.54) is 12.0 Å². The van der Waals surface area contributed by atoms with E-state index in [1.807, 2.05) is 31.2 Å². The molecule has 0 radical (unpaired) electrons. The third-order valence-electron chi connectivity index (χ3n) is 3.57. The third-order valence-corrected chi connectivity index (χ3v) is 3.57. The van der Waals surface area contributed by atoms with Crippen molar-refractivity contribution in [3.8, 4) is 0 Å². The molecule has 0 N–H and O–H groups in total. The largest absolute Gasteiger partial charge is 0.465 e. The van der Waals surface area contributed by atoms with Gasteiger partial charge in [-0.15, -0.1) is 6.58 Å². The van der Waals surface area contributed by atoms with Crippen LogP contribution in [0.5, 0.6) is 0 Å². The Hall–Kier alpha value is -2.62. The Morgan fingerprint density at radius 3 is 2.68 bits per heavy atom. The number of aryl methyl sites for hydroxylation is 1. The summed E-state index contributed by atoms with van der Waals surface area (Å²) in [6, 6.07) is 7.75. The number of hydrogen-bond acceptors (Lipinski definition) is 3. The molecule has 0 saturated carbocycles. The molecule has 0 saturated heterocycles. The summed E-state index contributed by atoms with van der Waals surface area (Å²) in [6.07, 6.45) is 3.36. The van der Waals surface area contributed by atoms with Crippen LogP contribution in [0.4, 0.5) is 0 Å². The number of carbonyl (C=O) groups is 2. The van der Waals surface area contributed by atoms with E-state index >= 15 is 0 Å². The number of carbonyl (C=O) groups excluding carboxylic acids is 2. The molecule has 0 atom stereocenters. The molecule has 22 heavy (non-hydrogen) atoms. The Bertz CT molecular complexity index is 698. The lowest BCUT2D eigenvalue weighted by Crippen LogP contribution is -2.24. The van der Waals surface area contributed by atoms with Gasteiger partial charge in [-0.05, 0) is 25.5 Å². The predicted molar refractivity (Wildman–Crippen MR) is 85.8 cm³/mol. The highest BCUT2D eigenvalue weighted by molar-refractivity contribution is 6.16. The van der Waals surface area contributed by atoms with Crippen molar-refractivity contribution < 1.29 is 14.3 Å². The second-order valence-corrected chi connectivity index (χ2v) is 5.13. The first-order valence-corrected chi connectivity index (χ1v) is 7.00. The van der Waals surface area contributed by atoms with Crippen LogP contribution in [0, 0.1) is 6.92 Å². The number of methoxy groups -OCH3 is 1. The van der Waals surface area contributed by atoms with E-state index < -0.39 is 5.97 Å². The lowest BCUT2D eigenvalue weighted by atomic mass is 10.0. The monoisotopic (exact) mass is 297 g/mol. The molecule has 2 rings (SSSR count). The summed E-state index contributed by atoms with van der Waals surface area (Å²) in [7, 11) is 1.31. The standard InChI is InChI=1S/C18H19NO3/c1-5-9-19-13(3)16(18(21)22-4)15(17(19)20)11-14-8-6-7-12(2)10-14/h5-8,10-11H,1,9H2,2-4H3/b15-11-. The minimum absolute atomic E-state index is 0.209. The molecule has 4 heteroatoms. The fourth-order valence-electron chi connectivity index (χ4n) is 2.50. The number of rotatable bonds is 4. The Labute approximate surface area is 130 Å². The lowest BCUT2D eigenvalue weighted by molar-refractivity contribution is -0.136. The van der Waals surface area contributed by atoms with E-state index in [1.54, 1.807) is 19.1 Å². The Balaban J connectivity index is 2.54. The molecule has 0 aromatic heterocycles. The van der Waals surface area contributed by atoms with Gasteiger partial charge in [0.05, 0.1) is 18.3 Å². The lowest BCUT2D eigenvalue weighted by Gasteiger charge is -2.14. The molecule has 0 fully saturated rings. The van der Waals surface area contributed by atoms with Gasteiger partial charge in [0.2, 0.25) is 0 Å². The summed E-state index contributed by atoms with van der Waals surface area (Å²) in [5.74, 6) is -0.712. The fourth-order valence-corrected chi connectivity index (χ4v) is 2.50. The zero-order chi connectivity index (χ0) is 16.3. The summed E-state index contributed by atoms with van der Waals surface area (Å²) in [5.41, 5.74) is 3.23. The normalized spacial score (nSPS) is 16.4. The van der Waals surface area contributed by atoms with Gasteiger partial charge in [-0.2, -0.15) is 0 Å². The summed E-state index contributed by atoms with van der Waals surface area (Å²) >= 11 is 0. The number of nitrogens with zero attached hydrogens (tertiary/aromatic N) is 1. The molecule has 1 aliphatic rings. The van der Waals surface area contributed by atoms with Crippen molar-refractivity contribution in [1.29, 1.82) is 0 Å². The number of allylic oxidation sites excluding steroid dienone is 1. The van der Waals surface area contributed by atoms with Gasteiger partial charge in [0.15, 0.2) is 0 Å². The van der Waals surface area contributed by atoms with Crippen molar-refractivity contribution >= 4 is 18.0 Å². The van der Waals surface area contributed by atoms with E-state index in [-0.39, 0.29) is 5.91 Å². The van der Waals surface area contributed by atoms with Crippen LogP contribution >= 0.6 is 0 Å². The summed E-state index contributed by atoms with van der Waals surface area (Å²) in [5, 5.41) is 0. The molecule has 0 aliphatic carbocycles. The van der Waals surface area contributed by atoms with Gasteiger partial charge < -0.3 is 9.64 Å². The fraction of sp³-hybridized carbons (Fsp3) is 0.222. The van der Waals surface area contributed by atoms with Gasteiger partial charge in [0.25, 0.3) is 5.91 Å². The summed E-state index contributed by atoms with van der Waals surface area (Å²) in [6.45, 7) is 7.73. The van der Waals surface area contributed by atoms with Gasteiger partial charge in [-0.25, -0.2) is 4.79 Å². The van der Waals surface area contributed by atoms with Crippen LogP contribution in [0.1, 0.15) is 18.1 Å². The second kappa shape index (κ2) is 6.43. The zero-order valence-electron chi connectivity index (χ0n) is 13.1. The smallest absolute Gasteiger partial charge is 0.340 e. The molecule has 0 spiro atoms. The van der Waals surface area contributed by atoms with Gasteiger partial charge >= 0.3 is 5.97 Å². The Morgan fingerprint density at radius 2 is 2.09 bits per heavy atom. The van der Waals surface area contributed by atoms with Crippen LogP contribution in [0.3, 0.4) is 0 Å². The van der Waals surface area contributed by atoms with Crippen LogP contribution in [0.2, 0.25) is 0 Å². The van der Waals surface area contributed by atoms with E-state index in [0.717, 1.165) is 11.1 Å². The molecule has 1 aromatic rings. The van der Waals surface area contributed by atoms with E-state index in [4.69, 9.17) is 4.74 Å². The van der Waals surface area contributed by atoms with Crippen molar-refractivity contribution in [3.05, 3.63) is 64.9 Å². The average Bonchev–Trinajstić information content (AvgIpc) is 2.72. The van der Waals surface area contributed by atoms with Crippen molar-refractivity contribution in [2.45, 2.75) is 13.8 Å². The van der Waals surface area contributed by atoms with Crippen LogP contribution < -0.4 is 0 Å². The molecule has 0 unspecified atom stereocenters. The van der Waals surface area contributed by atoms with E-state index in [9.17, 15) is 9.59 Å². The Kier molecular flexibility index (Phi) is 4.61. The Morgan fingerprint density at radius 1 is 1.36 bits per heavy atom. The third kappa shape index (κ3) is 2.86. The number of hydrogen-bond donors (Lipinski definition) is 0. The maximum atomic E-state index is 12.6. The molecular weight excluding hydrogens is 278 g/mol. The first kappa shape index (κ1) is 15.8. The molecule has 1 aliphatic heterocycles. The minimum atomic E-state index is -0.503. The SMILES string of the molecule is C=CCN1C(=O)/C(=C\c2cccc(C)c2)C(C(=O)OC)=C1C. The highest BCUT2D eigenvalue weighted by Gasteiger charge is 2.36. The molecule has 114 valence electrons. The average molecular weight is 297 g/mol. The van der Waals surface area contributed by atoms with Crippen molar-refractivity contribution in [2.75, 3.05) is 13.7 Å². The number of esters is 1. The number of ether oxygens (including phenoxy) is 1. The maximum Gasteiger partial charge on any atom is 0.340 e. The maximum absolute atomic E-state index is 12.6. The minimum Gasteiger partial charge on any atom is -0.465 e.